The summed E-state index contributed by atoms with van der Waals surface area (Å²) in [5.41, 5.74) is 6.02. The van der Waals surface area contributed by atoms with Crippen LogP contribution >= 0.6 is 23.1 Å². The van der Waals surface area contributed by atoms with Gasteiger partial charge in [-0.05, 0) is 82.1 Å². The Morgan fingerprint density at radius 3 is 1.88 bits per heavy atom. The van der Waals surface area contributed by atoms with Gasteiger partial charge in [-0.25, -0.2) is 0 Å². The van der Waals surface area contributed by atoms with E-state index in [0.29, 0.717) is 28.3 Å². The molecule has 0 radical (unpaired) electrons. The van der Waals surface area contributed by atoms with Crippen molar-refractivity contribution in [3.63, 3.8) is 0 Å². The Morgan fingerprint density at radius 1 is 0.458 bits per heavy atom. The third kappa shape index (κ3) is 5.68. The van der Waals surface area contributed by atoms with Crippen LogP contribution in [0.1, 0.15) is 6.92 Å². The first-order valence-corrected chi connectivity index (χ1v) is 22.6. The summed E-state index contributed by atoms with van der Waals surface area (Å²) in [5, 5.41) is 11.2. The van der Waals surface area contributed by atoms with Crippen LogP contribution in [0, 0.1) is 17.8 Å². The molecule has 1 fully saturated rings. The predicted molar refractivity (Wildman–Crippen MR) is 258 cm³/mol. The summed E-state index contributed by atoms with van der Waals surface area (Å²) in [7, 11) is 0. The monoisotopic (exact) mass is 794 g/mol. The van der Waals surface area contributed by atoms with E-state index in [-0.39, 0.29) is 6.04 Å². The molecule has 0 bridgehead atoms. The van der Waals surface area contributed by atoms with E-state index in [2.05, 4.69) is 229 Å². The van der Waals surface area contributed by atoms with Crippen LogP contribution in [0.2, 0.25) is 0 Å². The van der Waals surface area contributed by atoms with Gasteiger partial charge in [0.15, 0.2) is 0 Å². The van der Waals surface area contributed by atoms with E-state index in [1.165, 1.54) is 69.6 Å². The highest BCUT2D eigenvalue weighted by Crippen LogP contribution is 2.51. The van der Waals surface area contributed by atoms with Crippen molar-refractivity contribution >= 4 is 98.3 Å². The Morgan fingerprint density at radius 2 is 1.08 bits per heavy atom. The van der Waals surface area contributed by atoms with E-state index in [9.17, 15) is 0 Å². The van der Waals surface area contributed by atoms with Crippen LogP contribution in [-0.4, -0.2) is 16.5 Å². The zero-order chi connectivity index (χ0) is 39.0. The second-order valence-electron chi connectivity index (χ2n) is 16.4. The molecule has 0 spiro atoms. The van der Waals surface area contributed by atoms with E-state index in [4.69, 9.17) is 0 Å². The fourth-order valence-electron chi connectivity index (χ4n) is 10.2. The Kier molecular flexibility index (Phi) is 8.31. The molecule has 1 saturated heterocycles. The molecule has 0 amide bonds. The number of benzene rings is 7. The van der Waals surface area contributed by atoms with Gasteiger partial charge in [0.2, 0.25) is 0 Å². The minimum Gasteiger partial charge on any atom is -0.334 e. The molecule has 1 aliphatic heterocycles. The fourth-order valence-corrected chi connectivity index (χ4v) is 12.9. The number of hydrogen-bond acceptors (Lipinski definition) is 4. The molecular formula is C55H42N2S2. The number of fused-ring (bicyclic) bond motifs is 11. The number of nitrogens with zero attached hydrogens (tertiary/aromatic N) is 2. The SMILES string of the molecule is CC1C=CC=CC1N(C1=CC2C(C=C1)SC1C=CC=CC12)c1cc2c3ccccc3c(N(c3ccccc3)c3ccc4sc5ccccc5c4c3)cc2c2ccccc12. The van der Waals surface area contributed by atoms with E-state index >= 15 is 0 Å². The normalized spacial score (nSPS) is 23.0. The number of hydrogen-bond donors (Lipinski definition) is 0. The topological polar surface area (TPSA) is 6.48 Å². The van der Waals surface area contributed by atoms with Gasteiger partial charge in [-0.15, -0.1) is 23.1 Å². The highest BCUT2D eigenvalue weighted by atomic mass is 32.2. The zero-order valence-corrected chi connectivity index (χ0v) is 34.4. The van der Waals surface area contributed by atoms with Gasteiger partial charge < -0.3 is 9.80 Å². The van der Waals surface area contributed by atoms with Crippen molar-refractivity contribution < 1.29 is 0 Å². The van der Waals surface area contributed by atoms with Gasteiger partial charge in [-0.2, -0.15) is 0 Å². The van der Waals surface area contributed by atoms with Crippen LogP contribution in [0.3, 0.4) is 0 Å². The molecule has 0 N–H and O–H groups in total. The molecule has 6 unspecified atom stereocenters. The molecule has 3 aliphatic carbocycles. The average Bonchev–Trinajstić information content (AvgIpc) is 3.86. The lowest BCUT2D eigenvalue weighted by Crippen LogP contribution is -2.39. The third-order valence-electron chi connectivity index (χ3n) is 13.0. The standard InChI is InChI=1S/C55H42N2S2/c1-35-15-5-12-24-49(35)57(38-28-30-55-48(32-38)44-23-11-14-26-53(44)59-55)51-34-46-39-18-6-8-20-41(39)50(33-45(46)40-19-7-9-21-42(40)51)56(36-16-3-2-4-17-36)37-27-29-54-47(31-37)43-22-10-13-25-52(43)58-54/h2-35,44,48-49,53,55H,1H3. The lowest BCUT2D eigenvalue weighted by molar-refractivity contribution is 0.517. The molecule has 12 rings (SSSR count). The number of rotatable bonds is 6. The minimum absolute atomic E-state index is 0.169. The second-order valence-corrected chi connectivity index (χ2v) is 18.8. The number of para-hydroxylation sites is 1. The van der Waals surface area contributed by atoms with Crippen molar-refractivity contribution in [3.05, 3.63) is 206 Å². The molecule has 284 valence electrons. The van der Waals surface area contributed by atoms with Gasteiger partial charge in [-0.1, -0.05) is 153 Å². The smallest absolute Gasteiger partial charge is 0.0585 e. The predicted octanol–water partition coefficient (Wildman–Crippen LogP) is 15.2. The maximum absolute atomic E-state index is 2.67. The summed E-state index contributed by atoms with van der Waals surface area (Å²) in [4.78, 5) is 5.14. The quantitative estimate of drug-likeness (QED) is 0.155. The van der Waals surface area contributed by atoms with Gasteiger partial charge in [0.05, 0.1) is 17.4 Å². The average molecular weight is 795 g/mol. The fraction of sp³-hybridized carbons (Fsp3) is 0.127. The van der Waals surface area contributed by atoms with Crippen LogP contribution in [0.5, 0.6) is 0 Å². The first-order valence-electron chi connectivity index (χ1n) is 20.9. The lowest BCUT2D eigenvalue weighted by Gasteiger charge is -2.39. The summed E-state index contributed by atoms with van der Waals surface area (Å²) < 4.78 is 2.63. The maximum atomic E-state index is 2.67. The molecule has 1 aromatic heterocycles. The van der Waals surface area contributed by atoms with E-state index in [1.54, 1.807) is 0 Å². The van der Waals surface area contributed by atoms with Crippen LogP contribution in [0.4, 0.5) is 22.7 Å². The second kappa shape index (κ2) is 14.0. The van der Waals surface area contributed by atoms with E-state index in [1.807, 2.05) is 11.3 Å². The van der Waals surface area contributed by atoms with Crippen molar-refractivity contribution in [1.29, 1.82) is 0 Å². The lowest BCUT2D eigenvalue weighted by atomic mass is 9.81. The van der Waals surface area contributed by atoms with E-state index < -0.39 is 0 Å². The van der Waals surface area contributed by atoms with Crippen molar-refractivity contribution in [3.8, 4) is 0 Å². The highest BCUT2D eigenvalue weighted by molar-refractivity contribution is 8.01. The molecule has 6 atom stereocenters. The minimum atomic E-state index is 0.169. The maximum Gasteiger partial charge on any atom is 0.0585 e. The van der Waals surface area contributed by atoms with Crippen molar-refractivity contribution in [2.45, 2.75) is 23.5 Å². The summed E-state index contributed by atoms with van der Waals surface area (Å²) in [5.74, 6) is 1.30. The summed E-state index contributed by atoms with van der Waals surface area (Å²) in [6.07, 6.45) is 26.1. The van der Waals surface area contributed by atoms with Crippen LogP contribution in [0.15, 0.2) is 206 Å². The Balaban J connectivity index is 1.10. The summed E-state index contributed by atoms with van der Waals surface area (Å²) in [6, 6.07) is 50.0. The number of allylic oxidation sites excluding steroid dienone is 7. The molecule has 2 heterocycles. The molecule has 0 saturated carbocycles. The Hall–Kier alpha value is -6.07. The van der Waals surface area contributed by atoms with Crippen LogP contribution in [0.25, 0.3) is 52.5 Å². The first kappa shape index (κ1) is 34.9. The van der Waals surface area contributed by atoms with Crippen LogP contribution < -0.4 is 9.80 Å². The third-order valence-corrected chi connectivity index (χ3v) is 15.7. The molecule has 2 nitrogen and oxygen atoms in total. The molecular weight excluding hydrogens is 753 g/mol. The molecule has 7 aromatic carbocycles. The molecule has 4 heteroatoms. The number of thiophene rings is 1. The molecule has 59 heavy (non-hydrogen) atoms. The number of thioether (sulfide) groups is 1. The summed E-state index contributed by atoms with van der Waals surface area (Å²) >= 11 is 3.98. The zero-order valence-electron chi connectivity index (χ0n) is 32.7. The highest BCUT2D eigenvalue weighted by Gasteiger charge is 2.42. The first-order chi connectivity index (χ1) is 29.2. The molecule has 4 aliphatic rings. The van der Waals surface area contributed by atoms with Gasteiger partial charge in [0, 0.05) is 70.4 Å². The summed E-state index contributed by atoms with van der Waals surface area (Å²) in [6.45, 7) is 2.36. The van der Waals surface area contributed by atoms with Gasteiger partial charge in [-0.3, -0.25) is 0 Å². The van der Waals surface area contributed by atoms with E-state index in [0.717, 1.165) is 11.4 Å². The molecule has 8 aromatic rings. The van der Waals surface area contributed by atoms with Crippen molar-refractivity contribution in [2.24, 2.45) is 17.8 Å². The Bertz CT molecular complexity index is 3160. The van der Waals surface area contributed by atoms with Gasteiger partial charge >= 0.3 is 0 Å². The van der Waals surface area contributed by atoms with Crippen LogP contribution in [-0.2, 0) is 0 Å². The van der Waals surface area contributed by atoms with Crippen molar-refractivity contribution in [1.82, 2.24) is 0 Å². The van der Waals surface area contributed by atoms with Gasteiger partial charge in [0.1, 0.15) is 0 Å². The number of anilines is 4. The van der Waals surface area contributed by atoms with Crippen molar-refractivity contribution in [2.75, 3.05) is 9.80 Å². The van der Waals surface area contributed by atoms with Gasteiger partial charge in [0.25, 0.3) is 0 Å². The Labute approximate surface area is 353 Å². The largest absolute Gasteiger partial charge is 0.334 e.